The average molecular weight is 495 g/mol. The van der Waals surface area contributed by atoms with Crippen molar-refractivity contribution in [1.82, 2.24) is 9.78 Å². The lowest BCUT2D eigenvalue weighted by molar-refractivity contribution is -0.139. The molecule has 0 unspecified atom stereocenters. The van der Waals surface area contributed by atoms with Crippen LogP contribution in [0.15, 0.2) is 103 Å². The Balaban J connectivity index is 1.64. The second kappa shape index (κ2) is 10.1. The quantitative estimate of drug-likeness (QED) is 0.258. The number of nitrogens with zero attached hydrogens (tertiary/aromatic N) is 2. The molecule has 1 heterocycles. The van der Waals surface area contributed by atoms with E-state index >= 15 is 0 Å². The summed E-state index contributed by atoms with van der Waals surface area (Å²) in [6.07, 6.45) is 0. The fourth-order valence-corrected chi connectivity index (χ4v) is 4.33. The number of ether oxygens (including phenoxy) is 1. The molecule has 0 fully saturated rings. The Morgan fingerprint density at radius 1 is 0.861 bits per heavy atom. The maximum Gasteiger partial charge on any atom is 0.341 e. The standard InChI is InChI=1S/C30H23ClN2O3/c1-20-7-2-3-10-25(20)29-18-28(32-33(29)23-15-13-22(31)14-16-23)27-12-5-4-11-26(27)21-8-6-9-24(17-21)36-19-30(34)35/h2-18H,19H2,1H3,(H,34,35). The number of hydrogen-bond donors (Lipinski definition) is 1. The summed E-state index contributed by atoms with van der Waals surface area (Å²) in [4.78, 5) is 10.9. The van der Waals surface area contributed by atoms with E-state index < -0.39 is 12.6 Å². The summed E-state index contributed by atoms with van der Waals surface area (Å²) in [7, 11) is 0. The number of carboxylic acids is 1. The van der Waals surface area contributed by atoms with Gasteiger partial charge in [-0.15, -0.1) is 0 Å². The van der Waals surface area contributed by atoms with Gasteiger partial charge in [0.1, 0.15) is 5.75 Å². The van der Waals surface area contributed by atoms with Crippen LogP contribution in [0.4, 0.5) is 0 Å². The van der Waals surface area contributed by atoms with Crippen LogP contribution in [-0.4, -0.2) is 27.5 Å². The van der Waals surface area contributed by atoms with Gasteiger partial charge in [0.2, 0.25) is 0 Å². The number of aliphatic carboxylic acids is 1. The summed E-state index contributed by atoms with van der Waals surface area (Å²) >= 11 is 6.15. The van der Waals surface area contributed by atoms with Gasteiger partial charge in [0.25, 0.3) is 0 Å². The second-order valence-electron chi connectivity index (χ2n) is 8.37. The average Bonchev–Trinajstić information content (AvgIpc) is 3.33. The Hall–Kier alpha value is -4.35. The minimum atomic E-state index is -1.02. The lowest BCUT2D eigenvalue weighted by Crippen LogP contribution is -2.09. The number of aromatic nitrogens is 2. The summed E-state index contributed by atoms with van der Waals surface area (Å²) in [6.45, 7) is 1.70. The molecule has 36 heavy (non-hydrogen) atoms. The van der Waals surface area contributed by atoms with Crippen molar-refractivity contribution in [3.63, 3.8) is 0 Å². The van der Waals surface area contributed by atoms with Gasteiger partial charge < -0.3 is 9.84 Å². The van der Waals surface area contributed by atoms with Gasteiger partial charge in [-0.2, -0.15) is 5.10 Å². The number of aryl methyl sites for hydroxylation is 1. The minimum Gasteiger partial charge on any atom is -0.482 e. The minimum absolute atomic E-state index is 0.392. The maximum atomic E-state index is 10.9. The summed E-state index contributed by atoms with van der Waals surface area (Å²) in [5, 5.41) is 14.7. The molecule has 1 aromatic heterocycles. The fraction of sp³-hybridized carbons (Fsp3) is 0.0667. The molecule has 0 radical (unpaired) electrons. The van der Waals surface area contributed by atoms with Crippen LogP contribution < -0.4 is 4.74 Å². The van der Waals surface area contributed by atoms with E-state index in [4.69, 9.17) is 26.5 Å². The highest BCUT2D eigenvalue weighted by atomic mass is 35.5. The molecule has 178 valence electrons. The smallest absolute Gasteiger partial charge is 0.341 e. The van der Waals surface area contributed by atoms with E-state index in [0.29, 0.717) is 10.8 Å². The molecular weight excluding hydrogens is 472 g/mol. The molecule has 0 amide bonds. The zero-order valence-electron chi connectivity index (χ0n) is 19.6. The zero-order chi connectivity index (χ0) is 25.1. The van der Waals surface area contributed by atoms with Gasteiger partial charge in [-0.25, -0.2) is 9.48 Å². The molecule has 0 bridgehead atoms. The molecule has 0 saturated carbocycles. The predicted molar refractivity (Wildman–Crippen MR) is 143 cm³/mol. The highest BCUT2D eigenvalue weighted by molar-refractivity contribution is 6.30. The Labute approximate surface area is 214 Å². The Bertz CT molecular complexity index is 1540. The Morgan fingerprint density at radius 2 is 1.56 bits per heavy atom. The van der Waals surface area contributed by atoms with Crippen molar-refractivity contribution in [2.45, 2.75) is 6.92 Å². The maximum absolute atomic E-state index is 10.9. The van der Waals surface area contributed by atoms with E-state index in [9.17, 15) is 4.79 Å². The first-order valence-corrected chi connectivity index (χ1v) is 11.8. The van der Waals surface area contributed by atoms with E-state index in [1.54, 1.807) is 6.07 Å². The lowest BCUT2D eigenvalue weighted by atomic mass is 9.97. The summed E-state index contributed by atoms with van der Waals surface area (Å²) < 4.78 is 7.35. The molecule has 0 saturated heterocycles. The lowest BCUT2D eigenvalue weighted by Gasteiger charge is -2.10. The van der Waals surface area contributed by atoms with E-state index in [-0.39, 0.29) is 0 Å². The molecule has 5 aromatic rings. The van der Waals surface area contributed by atoms with E-state index in [1.165, 1.54) is 0 Å². The van der Waals surface area contributed by atoms with Gasteiger partial charge in [0.05, 0.1) is 17.1 Å². The van der Waals surface area contributed by atoms with Crippen LogP contribution in [0, 0.1) is 6.92 Å². The molecule has 5 nitrogen and oxygen atoms in total. The van der Waals surface area contributed by atoms with Crippen molar-refractivity contribution in [2.75, 3.05) is 6.61 Å². The summed E-state index contributed by atoms with van der Waals surface area (Å²) in [5.41, 5.74) is 7.76. The molecule has 6 heteroatoms. The first-order valence-electron chi connectivity index (χ1n) is 11.5. The second-order valence-corrected chi connectivity index (χ2v) is 8.81. The van der Waals surface area contributed by atoms with Gasteiger partial charge in [-0.1, -0.05) is 72.3 Å². The third kappa shape index (κ3) is 4.88. The van der Waals surface area contributed by atoms with Crippen molar-refractivity contribution in [3.8, 4) is 45.1 Å². The van der Waals surface area contributed by atoms with Crippen molar-refractivity contribution < 1.29 is 14.6 Å². The SMILES string of the molecule is Cc1ccccc1-c1cc(-c2ccccc2-c2cccc(OCC(=O)O)c2)nn1-c1ccc(Cl)cc1. The normalized spacial score (nSPS) is 10.8. The number of halogens is 1. The van der Waals surface area contributed by atoms with Crippen molar-refractivity contribution in [1.29, 1.82) is 0 Å². The molecular formula is C30H23ClN2O3. The Morgan fingerprint density at radius 3 is 2.28 bits per heavy atom. The number of carboxylic acid groups (broad SMARTS) is 1. The molecule has 5 rings (SSSR count). The summed E-state index contributed by atoms with van der Waals surface area (Å²) in [6, 6.07) is 33.4. The molecule has 0 aliphatic carbocycles. The van der Waals surface area contributed by atoms with Gasteiger partial charge in [-0.3, -0.25) is 0 Å². The van der Waals surface area contributed by atoms with Crippen LogP contribution in [0.3, 0.4) is 0 Å². The molecule has 0 aliphatic heterocycles. The number of rotatable bonds is 7. The van der Waals surface area contributed by atoms with Crippen LogP contribution in [0.1, 0.15) is 5.56 Å². The molecule has 0 aliphatic rings. The third-order valence-corrected chi connectivity index (χ3v) is 6.16. The van der Waals surface area contributed by atoms with Gasteiger partial charge >= 0.3 is 5.97 Å². The van der Waals surface area contributed by atoms with Crippen LogP contribution in [-0.2, 0) is 4.79 Å². The number of carbonyl (C=O) groups is 1. The largest absolute Gasteiger partial charge is 0.482 e. The number of hydrogen-bond acceptors (Lipinski definition) is 3. The molecule has 4 aromatic carbocycles. The third-order valence-electron chi connectivity index (χ3n) is 5.91. The highest BCUT2D eigenvalue weighted by Gasteiger charge is 2.17. The van der Waals surface area contributed by atoms with Crippen LogP contribution in [0.25, 0.3) is 39.3 Å². The molecule has 0 spiro atoms. The Kier molecular flexibility index (Phi) is 6.56. The van der Waals surface area contributed by atoms with Crippen molar-refractivity contribution in [3.05, 3.63) is 114 Å². The summed E-state index contributed by atoms with van der Waals surface area (Å²) in [5.74, 6) is -0.519. The van der Waals surface area contributed by atoms with Crippen molar-refractivity contribution >= 4 is 17.6 Å². The van der Waals surface area contributed by atoms with Gasteiger partial charge in [0, 0.05) is 16.1 Å². The van der Waals surface area contributed by atoms with E-state index in [0.717, 1.165) is 44.9 Å². The topological polar surface area (TPSA) is 64.3 Å². The van der Waals surface area contributed by atoms with Crippen molar-refractivity contribution in [2.24, 2.45) is 0 Å². The van der Waals surface area contributed by atoms with Gasteiger partial charge in [0.15, 0.2) is 6.61 Å². The monoisotopic (exact) mass is 494 g/mol. The van der Waals surface area contributed by atoms with E-state index in [2.05, 4.69) is 25.1 Å². The fourth-order valence-electron chi connectivity index (χ4n) is 4.20. The van der Waals surface area contributed by atoms with E-state index in [1.807, 2.05) is 83.5 Å². The van der Waals surface area contributed by atoms with Crippen LogP contribution in [0.5, 0.6) is 5.75 Å². The van der Waals surface area contributed by atoms with Gasteiger partial charge in [-0.05, 0) is 66.1 Å². The molecule has 0 atom stereocenters. The first-order chi connectivity index (χ1) is 17.5. The zero-order valence-corrected chi connectivity index (χ0v) is 20.3. The molecule has 1 N–H and O–H groups in total. The van der Waals surface area contributed by atoms with Crippen LogP contribution in [0.2, 0.25) is 5.02 Å². The number of benzene rings is 4. The highest BCUT2D eigenvalue weighted by Crippen LogP contribution is 2.36. The first kappa shape index (κ1) is 23.4. The predicted octanol–water partition coefficient (Wildman–Crippen LogP) is 7.30. The van der Waals surface area contributed by atoms with Crippen LogP contribution >= 0.6 is 11.6 Å².